The van der Waals surface area contributed by atoms with E-state index in [-0.39, 0.29) is 17.7 Å². The molecule has 1 unspecified atom stereocenters. The zero-order valence-corrected chi connectivity index (χ0v) is 19.9. The van der Waals surface area contributed by atoms with Crippen molar-refractivity contribution in [2.24, 2.45) is 0 Å². The first-order valence-electron chi connectivity index (χ1n) is 11.9. The standard InChI is InChI=1S/C27H33N3O3/c1-5-7-12-30-25(19-10-9-11-20(16-19)33-13-8-6-2)22-23(28-29-24(22)27(30)32)21-15-17(3)14-18(4)26(21)31/h9-11,14-16,25,31H,5-8,12-13H2,1-4H3,(H,28,29). The minimum absolute atomic E-state index is 0.0524. The molecule has 0 radical (unpaired) electrons. The fraction of sp³-hybridized carbons (Fsp3) is 0.407. The molecule has 1 aliphatic heterocycles. The number of aromatic hydroxyl groups is 1. The van der Waals surface area contributed by atoms with Gasteiger partial charge in [0.25, 0.3) is 5.91 Å². The van der Waals surface area contributed by atoms with Crippen LogP contribution in [0.1, 0.15) is 78.3 Å². The van der Waals surface area contributed by atoms with Crippen molar-refractivity contribution in [2.45, 2.75) is 59.4 Å². The molecule has 2 heterocycles. The Morgan fingerprint density at radius 1 is 1.12 bits per heavy atom. The van der Waals surface area contributed by atoms with Crippen LogP contribution in [0.2, 0.25) is 0 Å². The summed E-state index contributed by atoms with van der Waals surface area (Å²) in [4.78, 5) is 15.3. The van der Waals surface area contributed by atoms with Crippen LogP contribution in [0.4, 0.5) is 0 Å². The quantitative estimate of drug-likeness (QED) is 0.399. The summed E-state index contributed by atoms with van der Waals surface area (Å²) >= 11 is 0. The van der Waals surface area contributed by atoms with Gasteiger partial charge in [0, 0.05) is 17.7 Å². The average molecular weight is 448 g/mol. The monoisotopic (exact) mass is 447 g/mol. The zero-order chi connectivity index (χ0) is 23.5. The number of phenolic OH excluding ortho intramolecular Hbond substituents is 1. The van der Waals surface area contributed by atoms with E-state index in [0.717, 1.165) is 53.7 Å². The largest absolute Gasteiger partial charge is 0.507 e. The molecule has 6 nitrogen and oxygen atoms in total. The number of hydrogen-bond acceptors (Lipinski definition) is 4. The number of phenols is 1. The maximum atomic E-state index is 13.4. The van der Waals surface area contributed by atoms with Crippen LogP contribution in [0, 0.1) is 13.8 Å². The molecule has 0 fully saturated rings. The lowest BCUT2D eigenvalue weighted by molar-refractivity contribution is 0.0741. The van der Waals surface area contributed by atoms with Crippen molar-refractivity contribution in [3.63, 3.8) is 0 Å². The number of fused-ring (bicyclic) bond motifs is 1. The van der Waals surface area contributed by atoms with E-state index in [1.54, 1.807) is 0 Å². The number of ether oxygens (including phenoxy) is 1. The molecule has 1 aromatic heterocycles. The summed E-state index contributed by atoms with van der Waals surface area (Å²) in [6.45, 7) is 9.46. The Morgan fingerprint density at radius 2 is 1.91 bits per heavy atom. The highest BCUT2D eigenvalue weighted by molar-refractivity contribution is 6.00. The molecule has 33 heavy (non-hydrogen) atoms. The number of aromatic nitrogens is 2. The van der Waals surface area contributed by atoms with Crippen molar-refractivity contribution in [1.29, 1.82) is 0 Å². The van der Waals surface area contributed by atoms with Gasteiger partial charge >= 0.3 is 0 Å². The van der Waals surface area contributed by atoms with Crippen LogP contribution in [0.25, 0.3) is 11.3 Å². The molecule has 174 valence electrons. The Kier molecular flexibility index (Phi) is 6.72. The van der Waals surface area contributed by atoms with Crippen molar-refractivity contribution < 1.29 is 14.6 Å². The molecule has 2 aromatic carbocycles. The van der Waals surface area contributed by atoms with E-state index in [4.69, 9.17) is 4.74 Å². The second-order valence-electron chi connectivity index (χ2n) is 8.87. The molecule has 0 aliphatic carbocycles. The predicted molar refractivity (Wildman–Crippen MR) is 130 cm³/mol. The van der Waals surface area contributed by atoms with Gasteiger partial charge in [0.2, 0.25) is 0 Å². The number of unbranched alkanes of at least 4 members (excludes halogenated alkanes) is 2. The van der Waals surface area contributed by atoms with Crippen molar-refractivity contribution >= 4 is 5.91 Å². The first kappa shape index (κ1) is 22.9. The zero-order valence-electron chi connectivity index (χ0n) is 19.9. The third-order valence-electron chi connectivity index (χ3n) is 6.26. The minimum atomic E-state index is -0.289. The molecule has 0 spiro atoms. The average Bonchev–Trinajstić information content (AvgIpc) is 3.34. The number of H-pyrrole nitrogens is 1. The third kappa shape index (κ3) is 4.34. The van der Waals surface area contributed by atoms with E-state index in [1.165, 1.54) is 0 Å². The Balaban J connectivity index is 1.83. The Labute approximate surface area is 195 Å². The number of aromatic amines is 1. The van der Waals surface area contributed by atoms with Crippen LogP contribution in [0.15, 0.2) is 36.4 Å². The highest BCUT2D eigenvalue weighted by Crippen LogP contribution is 2.45. The molecule has 1 amide bonds. The van der Waals surface area contributed by atoms with Gasteiger partial charge in [0.05, 0.1) is 12.6 Å². The van der Waals surface area contributed by atoms with E-state index in [2.05, 4.69) is 24.0 Å². The Hall–Kier alpha value is -3.28. The molecule has 0 saturated heterocycles. The van der Waals surface area contributed by atoms with Gasteiger partial charge in [-0.3, -0.25) is 9.89 Å². The summed E-state index contributed by atoms with van der Waals surface area (Å²) < 4.78 is 5.96. The third-order valence-corrected chi connectivity index (χ3v) is 6.26. The number of carbonyl (C=O) groups is 1. The number of nitrogens with zero attached hydrogens (tertiary/aromatic N) is 2. The SMILES string of the molecule is CCCCOc1cccc(C2c3c(-c4cc(C)cc(C)c4O)n[nH]c3C(=O)N2CCCC)c1. The van der Waals surface area contributed by atoms with Crippen molar-refractivity contribution in [1.82, 2.24) is 15.1 Å². The van der Waals surface area contributed by atoms with Crippen LogP contribution >= 0.6 is 0 Å². The molecule has 6 heteroatoms. The highest BCUT2D eigenvalue weighted by Gasteiger charge is 2.42. The van der Waals surface area contributed by atoms with E-state index in [9.17, 15) is 9.90 Å². The highest BCUT2D eigenvalue weighted by atomic mass is 16.5. The van der Waals surface area contributed by atoms with Crippen molar-refractivity contribution in [2.75, 3.05) is 13.2 Å². The van der Waals surface area contributed by atoms with Gasteiger partial charge < -0.3 is 14.7 Å². The first-order valence-corrected chi connectivity index (χ1v) is 11.9. The summed E-state index contributed by atoms with van der Waals surface area (Å²) in [5.41, 5.74) is 5.41. The molecule has 2 N–H and O–H groups in total. The van der Waals surface area contributed by atoms with E-state index in [1.807, 2.05) is 55.1 Å². The van der Waals surface area contributed by atoms with E-state index >= 15 is 0 Å². The van der Waals surface area contributed by atoms with Crippen molar-refractivity contribution in [3.05, 3.63) is 64.3 Å². The predicted octanol–water partition coefficient (Wildman–Crippen LogP) is 5.92. The fourth-order valence-electron chi connectivity index (χ4n) is 4.56. The van der Waals surface area contributed by atoms with E-state index in [0.29, 0.717) is 30.1 Å². The molecule has 0 saturated carbocycles. The molecule has 1 atom stereocenters. The van der Waals surface area contributed by atoms with Crippen LogP contribution in [0.5, 0.6) is 11.5 Å². The van der Waals surface area contributed by atoms with Crippen LogP contribution in [-0.4, -0.2) is 39.3 Å². The van der Waals surface area contributed by atoms with Crippen LogP contribution in [-0.2, 0) is 0 Å². The minimum Gasteiger partial charge on any atom is -0.507 e. The number of rotatable bonds is 9. The topological polar surface area (TPSA) is 78.5 Å². The molecule has 0 bridgehead atoms. The second-order valence-corrected chi connectivity index (χ2v) is 8.87. The fourth-order valence-corrected chi connectivity index (χ4v) is 4.56. The lowest BCUT2D eigenvalue weighted by Gasteiger charge is -2.26. The van der Waals surface area contributed by atoms with Crippen LogP contribution in [0.3, 0.4) is 0 Å². The Morgan fingerprint density at radius 3 is 2.67 bits per heavy atom. The maximum absolute atomic E-state index is 13.4. The summed E-state index contributed by atoms with van der Waals surface area (Å²) in [6.07, 6.45) is 3.98. The number of carbonyl (C=O) groups excluding carboxylic acids is 1. The number of hydrogen-bond donors (Lipinski definition) is 2. The van der Waals surface area contributed by atoms with Crippen molar-refractivity contribution in [3.8, 4) is 22.8 Å². The van der Waals surface area contributed by atoms with Gasteiger partial charge in [-0.1, -0.05) is 44.9 Å². The lowest BCUT2D eigenvalue weighted by atomic mass is 9.94. The number of benzene rings is 2. The molecule has 3 aromatic rings. The number of aryl methyl sites for hydroxylation is 2. The smallest absolute Gasteiger partial charge is 0.273 e. The summed E-state index contributed by atoms with van der Waals surface area (Å²) in [6, 6.07) is 11.6. The molecular formula is C27H33N3O3. The normalized spacial score (nSPS) is 15.2. The Bertz CT molecular complexity index is 1150. The van der Waals surface area contributed by atoms with Crippen LogP contribution < -0.4 is 4.74 Å². The second kappa shape index (κ2) is 9.69. The summed E-state index contributed by atoms with van der Waals surface area (Å²) in [5, 5.41) is 18.3. The lowest BCUT2D eigenvalue weighted by Crippen LogP contribution is -2.30. The van der Waals surface area contributed by atoms with Gasteiger partial charge in [-0.25, -0.2) is 0 Å². The van der Waals surface area contributed by atoms with Gasteiger partial charge in [0.15, 0.2) is 0 Å². The van der Waals surface area contributed by atoms with Gasteiger partial charge in [-0.05, 0) is 61.6 Å². The summed E-state index contributed by atoms with van der Waals surface area (Å²) in [7, 11) is 0. The first-order chi connectivity index (χ1) is 16.0. The maximum Gasteiger partial charge on any atom is 0.273 e. The molecule has 1 aliphatic rings. The van der Waals surface area contributed by atoms with Gasteiger partial charge in [0.1, 0.15) is 22.9 Å². The number of nitrogens with one attached hydrogen (secondary N) is 1. The number of amides is 1. The summed E-state index contributed by atoms with van der Waals surface area (Å²) in [5.74, 6) is 0.949. The van der Waals surface area contributed by atoms with Gasteiger partial charge in [-0.2, -0.15) is 5.10 Å². The molecular weight excluding hydrogens is 414 g/mol. The van der Waals surface area contributed by atoms with Gasteiger partial charge in [-0.15, -0.1) is 0 Å². The van der Waals surface area contributed by atoms with E-state index < -0.39 is 0 Å². The molecule has 4 rings (SSSR count).